The van der Waals surface area contributed by atoms with Crippen molar-refractivity contribution in [2.24, 2.45) is 11.8 Å². The monoisotopic (exact) mass is 489 g/mol. The van der Waals surface area contributed by atoms with E-state index >= 15 is 0 Å². The predicted molar refractivity (Wildman–Crippen MR) is 146 cm³/mol. The molecule has 2 aromatic carbocycles. The maximum absolute atomic E-state index is 6.54. The first-order valence-electron chi connectivity index (χ1n) is 13.8. The van der Waals surface area contributed by atoms with E-state index in [0.29, 0.717) is 17.1 Å². The largest absolute Gasteiger partial charge is 0.439 e. The summed E-state index contributed by atoms with van der Waals surface area (Å²) in [5.74, 6) is 4.88. The number of hydrogen-bond donors (Lipinski definition) is 1. The number of nitrogens with one attached hydrogen (secondary N) is 1. The first-order chi connectivity index (χ1) is 17.3. The lowest BCUT2D eigenvalue weighted by molar-refractivity contribution is -0.919. The number of piperidine rings is 1. The van der Waals surface area contributed by atoms with Crippen LogP contribution in [0, 0.1) is 11.8 Å². The van der Waals surface area contributed by atoms with E-state index in [1.807, 2.05) is 6.20 Å². The van der Waals surface area contributed by atoms with Crippen LogP contribution in [0.15, 0.2) is 71.3 Å². The van der Waals surface area contributed by atoms with E-state index < -0.39 is 0 Å². The Hall–Kier alpha value is -2.04. The maximum atomic E-state index is 6.54. The Morgan fingerprint density at radius 2 is 1.71 bits per heavy atom. The van der Waals surface area contributed by atoms with Gasteiger partial charge in [-0.15, -0.1) is 11.8 Å². The number of hydrogen-bond acceptors (Lipinski definition) is 3. The third-order valence-corrected chi connectivity index (χ3v) is 9.74. The number of nitrogens with zero attached hydrogens (tertiary/aromatic N) is 1. The first-order valence-corrected chi connectivity index (χ1v) is 14.8. The smallest absolute Gasteiger partial charge is 0.202 e. The topological polar surface area (TPSA) is 30.5 Å². The molecule has 1 aliphatic heterocycles. The van der Waals surface area contributed by atoms with Crippen molar-refractivity contribution < 1.29 is 9.32 Å². The molecule has 1 aliphatic carbocycles. The molecule has 0 bridgehead atoms. The van der Waals surface area contributed by atoms with E-state index in [9.17, 15) is 0 Å². The summed E-state index contributed by atoms with van der Waals surface area (Å²) in [5, 5.41) is 0.714. The number of quaternary nitrogens is 1. The van der Waals surface area contributed by atoms with Crippen molar-refractivity contribution >= 4 is 11.8 Å². The zero-order valence-corrected chi connectivity index (χ0v) is 22.0. The lowest BCUT2D eigenvalue weighted by atomic mass is 9.77. The Kier molecular flexibility index (Phi) is 8.64. The Balaban J connectivity index is 1.25. The lowest BCUT2D eigenvalue weighted by Crippen LogP contribution is -3.13. The van der Waals surface area contributed by atoms with Gasteiger partial charge >= 0.3 is 0 Å². The number of rotatable bonds is 9. The van der Waals surface area contributed by atoms with Crippen molar-refractivity contribution in [2.75, 3.05) is 13.1 Å². The Morgan fingerprint density at radius 1 is 0.971 bits per heavy atom. The Bertz CT molecular complexity index is 1010. The average Bonchev–Trinajstić information content (AvgIpc) is 3.37. The summed E-state index contributed by atoms with van der Waals surface area (Å²) in [6, 6.07) is 21.9. The number of thioether (sulfide) groups is 1. The van der Waals surface area contributed by atoms with Crippen molar-refractivity contribution in [3.63, 3.8) is 0 Å². The molecule has 1 saturated carbocycles. The predicted octanol–water partition coefficient (Wildman–Crippen LogP) is 6.50. The number of aromatic nitrogens is 1. The van der Waals surface area contributed by atoms with Gasteiger partial charge < -0.3 is 9.32 Å². The van der Waals surface area contributed by atoms with E-state index in [1.54, 1.807) is 4.90 Å². The third-order valence-electron chi connectivity index (χ3n) is 8.26. The molecule has 5 rings (SSSR count). The highest BCUT2D eigenvalue weighted by molar-refractivity contribution is 7.99. The molecule has 0 radical (unpaired) electrons. The van der Waals surface area contributed by atoms with Crippen LogP contribution in [0.2, 0.25) is 0 Å². The lowest BCUT2D eigenvalue weighted by Gasteiger charge is -2.35. The second kappa shape index (κ2) is 12.3. The van der Waals surface area contributed by atoms with Crippen LogP contribution < -0.4 is 4.90 Å². The summed E-state index contributed by atoms with van der Waals surface area (Å²) >= 11 is 2.16. The van der Waals surface area contributed by atoms with E-state index in [4.69, 9.17) is 9.40 Å². The fourth-order valence-corrected chi connectivity index (χ4v) is 7.82. The normalized spacial score (nSPS) is 24.3. The molecule has 4 heteroatoms. The van der Waals surface area contributed by atoms with Crippen LogP contribution in [0.25, 0.3) is 0 Å². The molecule has 2 heterocycles. The molecule has 0 spiro atoms. The summed E-state index contributed by atoms with van der Waals surface area (Å²) in [6.45, 7) is 5.78. The molecule has 0 amide bonds. The first kappa shape index (κ1) is 24.6. The van der Waals surface area contributed by atoms with Crippen molar-refractivity contribution in [3.8, 4) is 0 Å². The van der Waals surface area contributed by atoms with Crippen LogP contribution in [-0.4, -0.2) is 23.3 Å². The number of oxazole rings is 1. The van der Waals surface area contributed by atoms with Gasteiger partial charge in [0.05, 0.1) is 30.5 Å². The zero-order valence-electron chi connectivity index (χ0n) is 21.2. The van der Waals surface area contributed by atoms with Gasteiger partial charge in [-0.25, -0.2) is 4.98 Å². The maximum Gasteiger partial charge on any atom is 0.202 e. The van der Waals surface area contributed by atoms with Crippen LogP contribution in [0.1, 0.15) is 80.6 Å². The van der Waals surface area contributed by atoms with Gasteiger partial charge in [-0.3, -0.25) is 0 Å². The van der Waals surface area contributed by atoms with E-state index in [0.717, 1.165) is 29.9 Å². The summed E-state index contributed by atoms with van der Waals surface area (Å²) in [7, 11) is 0. The van der Waals surface area contributed by atoms with Crippen molar-refractivity contribution in [3.05, 3.63) is 89.6 Å². The molecular formula is C31H41N2OS+. The quantitative estimate of drug-likeness (QED) is 0.372. The van der Waals surface area contributed by atoms with Gasteiger partial charge in [-0.2, -0.15) is 0 Å². The summed E-state index contributed by atoms with van der Waals surface area (Å²) in [5.41, 5.74) is 2.80. The molecule has 3 nitrogen and oxygen atoms in total. The fourth-order valence-electron chi connectivity index (χ4n) is 6.27. The van der Waals surface area contributed by atoms with Crippen LogP contribution in [0.4, 0.5) is 0 Å². The molecule has 3 aromatic rings. The molecule has 2 aliphatic rings. The van der Waals surface area contributed by atoms with Crippen molar-refractivity contribution in [1.29, 1.82) is 0 Å². The molecule has 1 saturated heterocycles. The van der Waals surface area contributed by atoms with Gasteiger partial charge in [-0.1, -0.05) is 93.3 Å². The Morgan fingerprint density at radius 3 is 2.46 bits per heavy atom. The van der Waals surface area contributed by atoms with E-state index in [1.165, 1.54) is 69.2 Å². The molecule has 4 atom stereocenters. The summed E-state index contributed by atoms with van der Waals surface area (Å²) in [4.78, 5) is 6.52. The van der Waals surface area contributed by atoms with Crippen LogP contribution >= 0.6 is 11.8 Å². The third kappa shape index (κ3) is 6.40. The highest BCUT2D eigenvalue weighted by Gasteiger charge is 2.33. The SMILES string of the molecule is CCC1CC[NH+](Cc2cnc(C(c3ccccc3)C3CCCCC3)o2)CC1SCc1ccccc1. The minimum atomic E-state index is 0.292. The average molecular weight is 490 g/mol. The van der Waals surface area contributed by atoms with E-state index in [2.05, 4.69) is 79.3 Å². The second-order valence-corrected chi connectivity index (χ2v) is 11.9. The van der Waals surface area contributed by atoms with Gasteiger partial charge in [-0.05, 0) is 35.8 Å². The van der Waals surface area contributed by atoms with Gasteiger partial charge in [0.1, 0.15) is 6.54 Å². The molecule has 186 valence electrons. The number of likely N-dealkylation sites (tertiary alicyclic amines) is 1. The summed E-state index contributed by atoms with van der Waals surface area (Å²) in [6.07, 6.45) is 11.2. The van der Waals surface area contributed by atoms with E-state index in [-0.39, 0.29) is 0 Å². The standard InChI is InChI=1S/C31H40N2OS/c1-2-25-18-19-33(22-29(25)35-23-24-12-6-3-7-13-24)21-28-20-32-31(34-28)30(26-14-8-4-9-15-26)27-16-10-5-11-17-27/h3-4,6-9,12-15,20,25,27,29-30H,2,5,10-11,16-19,21-23H2,1H3/p+1. The second-order valence-electron chi connectivity index (χ2n) is 10.6. The molecule has 1 aromatic heterocycles. The van der Waals surface area contributed by atoms with Gasteiger partial charge in [0, 0.05) is 12.2 Å². The van der Waals surface area contributed by atoms with Crippen LogP contribution in [0.5, 0.6) is 0 Å². The molecule has 1 N–H and O–H groups in total. The Labute approximate surface area is 215 Å². The fraction of sp³-hybridized carbons (Fsp3) is 0.516. The highest BCUT2D eigenvalue weighted by atomic mass is 32.2. The highest BCUT2D eigenvalue weighted by Crippen LogP contribution is 2.40. The van der Waals surface area contributed by atoms with Crippen molar-refractivity contribution in [2.45, 2.75) is 75.3 Å². The van der Waals surface area contributed by atoms with Crippen LogP contribution in [-0.2, 0) is 12.3 Å². The zero-order chi connectivity index (χ0) is 23.9. The van der Waals surface area contributed by atoms with Gasteiger partial charge in [0.25, 0.3) is 0 Å². The van der Waals surface area contributed by atoms with Gasteiger partial charge in [0.15, 0.2) is 5.76 Å². The number of benzene rings is 2. The summed E-state index contributed by atoms with van der Waals surface area (Å²) < 4.78 is 6.54. The molecule has 35 heavy (non-hydrogen) atoms. The molecular weight excluding hydrogens is 448 g/mol. The minimum Gasteiger partial charge on any atom is -0.439 e. The molecule has 4 unspecified atom stereocenters. The van der Waals surface area contributed by atoms with Crippen molar-refractivity contribution in [1.82, 2.24) is 4.98 Å². The minimum absolute atomic E-state index is 0.292. The van der Waals surface area contributed by atoms with Crippen LogP contribution in [0.3, 0.4) is 0 Å². The molecule has 2 fully saturated rings. The van der Waals surface area contributed by atoms with Gasteiger partial charge in [0.2, 0.25) is 5.89 Å².